The van der Waals surface area contributed by atoms with Crippen molar-refractivity contribution >= 4 is 11.4 Å². The molecule has 0 amide bonds. The lowest BCUT2D eigenvalue weighted by molar-refractivity contribution is -0.384. The van der Waals surface area contributed by atoms with Gasteiger partial charge < -0.3 is 15.0 Å². The van der Waals surface area contributed by atoms with Crippen LogP contribution in [0.4, 0.5) is 11.4 Å². The molecular formula is C12H17N3O3. The zero-order valence-electron chi connectivity index (χ0n) is 10.3. The fraction of sp³-hybridized carbons (Fsp3) is 0.500. The van der Waals surface area contributed by atoms with Gasteiger partial charge in [-0.15, -0.1) is 0 Å². The van der Waals surface area contributed by atoms with Gasteiger partial charge in [-0.3, -0.25) is 10.1 Å². The van der Waals surface area contributed by atoms with Crippen LogP contribution in [0.2, 0.25) is 0 Å². The molecule has 0 aliphatic carbocycles. The molecule has 0 aromatic heterocycles. The molecule has 1 fully saturated rings. The number of benzene rings is 1. The number of methoxy groups -OCH3 is 1. The van der Waals surface area contributed by atoms with Crippen LogP contribution in [-0.2, 0) is 4.74 Å². The molecule has 1 aromatic carbocycles. The molecule has 0 bridgehead atoms. The summed E-state index contributed by atoms with van der Waals surface area (Å²) in [6.07, 6.45) is 0.991. The lowest BCUT2D eigenvalue weighted by Crippen LogP contribution is -2.41. The third-order valence-corrected chi connectivity index (χ3v) is 3.08. The van der Waals surface area contributed by atoms with Crippen molar-refractivity contribution in [2.45, 2.75) is 12.6 Å². The van der Waals surface area contributed by atoms with Crippen molar-refractivity contribution in [1.82, 2.24) is 5.32 Å². The van der Waals surface area contributed by atoms with Crippen molar-refractivity contribution in [2.24, 2.45) is 0 Å². The fourth-order valence-electron chi connectivity index (χ4n) is 2.13. The first kappa shape index (κ1) is 12.8. The summed E-state index contributed by atoms with van der Waals surface area (Å²) in [5.41, 5.74) is 1.07. The van der Waals surface area contributed by atoms with Gasteiger partial charge in [-0.2, -0.15) is 0 Å². The second-order valence-electron chi connectivity index (χ2n) is 4.21. The minimum Gasteiger partial charge on any atom is -0.360 e. The molecule has 1 unspecified atom stereocenters. The van der Waals surface area contributed by atoms with Gasteiger partial charge in [-0.05, 0) is 25.1 Å². The summed E-state index contributed by atoms with van der Waals surface area (Å²) in [6, 6.07) is 6.60. The Labute approximate surface area is 106 Å². The number of anilines is 1. The molecule has 1 aliphatic rings. The second kappa shape index (κ2) is 5.79. The van der Waals surface area contributed by atoms with Crippen molar-refractivity contribution < 1.29 is 9.66 Å². The Balaban J connectivity index is 2.19. The van der Waals surface area contributed by atoms with Crippen molar-refractivity contribution in [3.05, 3.63) is 34.4 Å². The summed E-state index contributed by atoms with van der Waals surface area (Å²) >= 11 is 0. The topological polar surface area (TPSA) is 67.6 Å². The summed E-state index contributed by atoms with van der Waals surface area (Å²) in [5, 5.41) is 13.9. The maximum Gasteiger partial charge on any atom is 0.269 e. The maximum absolute atomic E-state index is 10.6. The first-order chi connectivity index (χ1) is 8.72. The van der Waals surface area contributed by atoms with Crippen LogP contribution in [0.25, 0.3) is 0 Å². The third-order valence-electron chi connectivity index (χ3n) is 3.08. The molecule has 2 rings (SSSR count). The minimum absolute atomic E-state index is 0.0334. The van der Waals surface area contributed by atoms with E-state index in [4.69, 9.17) is 4.74 Å². The van der Waals surface area contributed by atoms with Crippen LogP contribution in [0.1, 0.15) is 6.42 Å². The zero-order valence-corrected chi connectivity index (χ0v) is 10.3. The Hall–Kier alpha value is -1.66. The van der Waals surface area contributed by atoms with Crippen molar-refractivity contribution in [2.75, 3.05) is 31.6 Å². The van der Waals surface area contributed by atoms with Gasteiger partial charge in [0.05, 0.1) is 4.92 Å². The fourth-order valence-corrected chi connectivity index (χ4v) is 2.13. The second-order valence-corrected chi connectivity index (χ2v) is 4.21. The maximum atomic E-state index is 10.6. The smallest absolute Gasteiger partial charge is 0.269 e. The molecule has 18 heavy (non-hydrogen) atoms. The number of nitro groups is 1. The van der Waals surface area contributed by atoms with E-state index in [-0.39, 0.29) is 16.8 Å². The number of nitrogens with one attached hydrogen (secondary N) is 1. The average molecular weight is 251 g/mol. The monoisotopic (exact) mass is 251 g/mol. The molecule has 1 aliphatic heterocycles. The number of hydrogen-bond acceptors (Lipinski definition) is 5. The van der Waals surface area contributed by atoms with Crippen LogP contribution in [-0.4, -0.2) is 37.9 Å². The molecule has 0 spiro atoms. The third kappa shape index (κ3) is 2.77. The Morgan fingerprint density at radius 2 is 2.17 bits per heavy atom. The van der Waals surface area contributed by atoms with Crippen LogP contribution in [0.3, 0.4) is 0 Å². The van der Waals surface area contributed by atoms with E-state index >= 15 is 0 Å². The molecule has 0 radical (unpaired) electrons. The van der Waals surface area contributed by atoms with Gasteiger partial charge in [0.25, 0.3) is 5.69 Å². The lowest BCUT2D eigenvalue weighted by Gasteiger charge is -2.30. The van der Waals surface area contributed by atoms with E-state index in [2.05, 4.69) is 10.2 Å². The standard InChI is InChI=1S/C12H17N3O3/c1-18-12-9-13-7-2-8-14(12)10-3-5-11(6-4-10)15(16)17/h3-6,12-13H,2,7-9H2,1H3. The van der Waals surface area contributed by atoms with Crippen LogP contribution in [0, 0.1) is 10.1 Å². The zero-order chi connectivity index (χ0) is 13.0. The van der Waals surface area contributed by atoms with E-state index in [1.54, 1.807) is 19.2 Å². The number of ether oxygens (including phenoxy) is 1. The average Bonchev–Trinajstić information content (AvgIpc) is 2.63. The molecule has 1 heterocycles. The Kier molecular flexibility index (Phi) is 4.11. The highest BCUT2D eigenvalue weighted by molar-refractivity contribution is 5.51. The molecule has 1 aromatic rings. The van der Waals surface area contributed by atoms with Crippen LogP contribution in [0.15, 0.2) is 24.3 Å². The summed E-state index contributed by atoms with van der Waals surface area (Å²) in [7, 11) is 1.68. The van der Waals surface area contributed by atoms with Gasteiger partial charge in [0, 0.05) is 38.0 Å². The summed E-state index contributed by atoms with van der Waals surface area (Å²) in [4.78, 5) is 12.4. The van der Waals surface area contributed by atoms with E-state index < -0.39 is 0 Å². The van der Waals surface area contributed by atoms with Gasteiger partial charge in [0.15, 0.2) is 0 Å². The predicted octanol–water partition coefficient (Wildman–Crippen LogP) is 1.37. The van der Waals surface area contributed by atoms with E-state index in [1.165, 1.54) is 12.1 Å². The molecular weight excluding hydrogens is 234 g/mol. The quantitative estimate of drug-likeness (QED) is 0.649. The van der Waals surface area contributed by atoms with E-state index in [9.17, 15) is 10.1 Å². The molecule has 98 valence electrons. The molecule has 0 saturated carbocycles. The Morgan fingerprint density at radius 3 is 2.78 bits per heavy atom. The van der Waals surface area contributed by atoms with Gasteiger partial charge >= 0.3 is 0 Å². The first-order valence-electron chi connectivity index (χ1n) is 5.97. The van der Waals surface area contributed by atoms with Gasteiger partial charge in [-0.1, -0.05) is 0 Å². The number of non-ortho nitro benzene ring substituents is 1. The summed E-state index contributed by atoms with van der Waals surface area (Å²) < 4.78 is 5.45. The van der Waals surface area contributed by atoms with E-state index in [0.29, 0.717) is 0 Å². The lowest BCUT2D eigenvalue weighted by atomic mass is 10.2. The highest BCUT2D eigenvalue weighted by Gasteiger charge is 2.21. The van der Waals surface area contributed by atoms with Crippen LogP contribution < -0.4 is 10.2 Å². The van der Waals surface area contributed by atoms with Crippen molar-refractivity contribution in [3.63, 3.8) is 0 Å². The SMILES string of the molecule is COC1CNCCCN1c1ccc([N+](=O)[O-])cc1. The first-order valence-corrected chi connectivity index (χ1v) is 5.97. The molecule has 1 atom stereocenters. The summed E-state index contributed by atoms with van der Waals surface area (Å²) in [6.45, 7) is 2.60. The molecule has 6 nitrogen and oxygen atoms in total. The molecule has 6 heteroatoms. The number of hydrogen-bond donors (Lipinski definition) is 1. The van der Waals surface area contributed by atoms with Crippen LogP contribution >= 0.6 is 0 Å². The predicted molar refractivity (Wildman–Crippen MR) is 68.7 cm³/mol. The summed E-state index contributed by atoms with van der Waals surface area (Å²) in [5.74, 6) is 0. The number of nitro benzene ring substituents is 1. The van der Waals surface area contributed by atoms with Gasteiger partial charge in [-0.25, -0.2) is 0 Å². The molecule has 1 saturated heterocycles. The van der Waals surface area contributed by atoms with Gasteiger partial charge in [0.1, 0.15) is 6.23 Å². The highest BCUT2D eigenvalue weighted by Crippen LogP contribution is 2.22. The van der Waals surface area contributed by atoms with Crippen molar-refractivity contribution in [1.29, 1.82) is 0 Å². The van der Waals surface area contributed by atoms with Gasteiger partial charge in [0.2, 0.25) is 0 Å². The normalized spacial score (nSPS) is 20.5. The number of nitrogens with zero attached hydrogens (tertiary/aromatic N) is 2. The van der Waals surface area contributed by atoms with Crippen LogP contribution in [0.5, 0.6) is 0 Å². The largest absolute Gasteiger partial charge is 0.360 e. The number of rotatable bonds is 3. The van der Waals surface area contributed by atoms with E-state index in [0.717, 1.165) is 31.7 Å². The Morgan fingerprint density at radius 1 is 1.44 bits per heavy atom. The highest BCUT2D eigenvalue weighted by atomic mass is 16.6. The van der Waals surface area contributed by atoms with Crippen molar-refractivity contribution in [3.8, 4) is 0 Å². The van der Waals surface area contributed by atoms with E-state index in [1.807, 2.05) is 0 Å². The Bertz CT molecular complexity index is 408. The molecule has 1 N–H and O–H groups in total. The minimum atomic E-state index is -0.387.